The molecule has 1 heterocycles. The third-order valence-electron chi connectivity index (χ3n) is 1.12. The zero-order valence-corrected chi connectivity index (χ0v) is 6.86. The van der Waals surface area contributed by atoms with Gasteiger partial charge in [-0.2, -0.15) is 0 Å². The molecule has 0 aliphatic heterocycles. The van der Waals surface area contributed by atoms with Crippen molar-refractivity contribution in [2.75, 3.05) is 11.5 Å². The van der Waals surface area contributed by atoms with E-state index in [0.29, 0.717) is 11.6 Å². The number of nitrogens with zero attached hydrogens (tertiary/aromatic N) is 2. The van der Waals surface area contributed by atoms with Crippen LogP contribution in [0.2, 0.25) is 5.79 Å². The number of hydrogen-bond acceptors (Lipinski definition) is 4. The van der Waals surface area contributed by atoms with Gasteiger partial charge in [-0.25, -0.2) is 4.98 Å². The molecule has 0 aromatic carbocycles. The van der Waals surface area contributed by atoms with Crippen molar-refractivity contribution in [3.63, 3.8) is 0 Å². The largest absolute Gasteiger partial charge is 0.383 e. The van der Waals surface area contributed by atoms with Gasteiger partial charge in [0.05, 0.1) is 6.20 Å². The van der Waals surface area contributed by atoms with Gasteiger partial charge < -0.3 is 11.5 Å². The van der Waals surface area contributed by atoms with E-state index < -0.39 is 0 Å². The van der Waals surface area contributed by atoms with Gasteiger partial charge in [-0.05, 0) is 4.56 Å². The Morgan fingerprint density at radius 2 is 2.20 bits per heavy atom. The summed E-state index contributed by atoms with van der Waals surface area (Å²) in [5.74, 6) is 2.91. The zero-order valence-electron chi connectivity index (χ0n) is 5.70. The second kappa shape index (κ2) is 2.86. The molecule has 10 heavy (non-hydrogen) atoms. The van der Waals surface area contributed by atoms with E-state index in [2.05, 4.69) is 15.8 Å². The summed E-state index contributed by atoms with van der Waals surface area (Å²) in [6.07, 6.45) is 1.53. The van der Waals surface area contributed by atoms with Crippen LogP contribution in [0.25, 0.3) is 0 Å². The highest BCUT2D eigenvalue weighted by atomic mass is 27.1. The second-order valence-electron chi connectivity index (χ2n) is 1.85. The van der Waals surface area contributed by atoms with Crippen molar-refractivity contribution in [1.29, 1.82) is 0 Å². The third-order valence-corrected chi connectivity index (χ3v) is 2.11. The van der Waals surface area contributed by atoms with Crippen molar-refractivity contribution in [2.45, 2.75) is 5.79 Å². The number of rotatable bonds is 1. The van der Waals surface area contributed by atoms with E-state index >= 15 is 0 Å². The lowest BCUT2D eigenvalue weighted by Gasteiger charge is -1.99. The van der Waals surface area contributed by atoms with E-state index in [1.54, 1.807) is 0 Å². The summed E-state index contributed by atoms with van der Waals surface area (Å²) in [6.45, 7) is 0. The van der Waals surface area contributed by atoms with Gasteiger partial charge in [0.15, 0.2) is 0 Å². The molecule has 0 fully saturated rings. The molecule has 0 saturated heterocycles. The summed E-state index contributed by atoms with van der Waals surface area (Å²) < 4.78 is 0.884. The van der Waals surface area contributed by atoms with Crippen molar-refractivity contribution in [3.8, 4) is 0 Å². The summed E-state index contributed by atoms with van der Waals surface area (Å²) in [5, 5.41) is 0. The molecule has 0 saturated carbocycles. The fourth-order valence-corrected chi connectivity index (χ4v) is 1.23. The molecule has 1 rings (SSSR count). The molecule has 51 valence electrons. The zero-order chi connectivity index (χ0) is 7.56. The van der Waals surface area contributed by atoms with Gasteiger partial charge in [0.1, 0.15) is 11.6 Å². The van der Waals surface area contributed by atoms with E-state index in [1.807, 2.05) is 0 Å². The summed E-state index contributed by atoms with van der Waals surface area (Å²) in [7, 11) is 0. The van der Waals surface area contributed by atoms with Gasteiger partial charge in [-0.15, -0.1) is 5.79 Å². The normalized spacial score (nSPS) is 9.30. The van der Waals surface area contributed by atoms with Gasteiger partial charge in [0.25, 0.3) is 15.2 Å². The quantitative estimate of drug-likeness (QED) is 0.505. The Morgan fingerprint density at radius 3 is 2.70 bits per heavy atom. The molecule has 1 aromatic heterocycles. The van der Waals surface area contributed by atoms with E-state index in [9.17, 15) is 0 Å². The van der Waals surface area contributed by atoms with Crippen LogP contribution in [0.4, 0.5) is 11.6 Å². The first-order chi connectivity index (χ1) is 4.74. The highest BCUT2D eigenvalue weighted by Gasteiger charge is 1.99. The average Bonchev–Trinajstić information content (AvgIpc) is 1.88. The molecule has 0 atom stereocenters. The highest BCUT2D eigenvalue weighted by molar-refractivity contribution is 6.52. The minimum atomic E-state index is 0.132. The molecular weight excluding hydrogens is 143 g/mol. The average molecular weight is 151 g/mol. The summed E-state index contributed by atoms with van der Waals surface area (Å²) >= 11 is 0.132. The van der Waals surface area contributed by atoms with Crippen LogP contribution in [0.1, 0.15) is 0 Å². The third kappa shape index (κ3) is 1.38. The standard InChI is InChI=1S/C4H5N4.CH3.Al/c5-3-1-7-2-4(6)8-3;;/h1H,(H4,5,6,8);1H3;. The van der Waals surface area contributed by atoms with Gasteiger partial charge in [-0.1, -0.05) is 0 Å². The van der Waals surface area contributed by atoms with Crippen LogP contribution in [0.3, 0.4) is 0 Å². The Hall–Kier alpha value is -0.788. The lowest BCUT2D eigenvalue weighted by atomic mass is 10.6. The van der Waals surface area contributed by atoms with E-state index in [4.69, 9.17) is 11.5 Å². The minimum Gasteiger partial charge on any atom is -0.383 e. The van der Waals surface area contributed by atoms with Gasteiger partial charge >= 0.3 is 0 Å². The van der Waals surface area contributed by atoms with Crippen molar-refractivity contribution >= 4 is 31.4 Å². The van der Waals surface area contributed by atoms with E-state index in [1.165, 1.54) is 6.20 Å². The van der Waals surface area contributed by atoms with Crippen molar-refractivity contribution < 1.29 is 0 Å². The molecule has 0 amide bonds. The highest BCUT2D eigenvalue weighted by Crippen LogP contribution is 1.93. The van der Waals surface area contributed by atoms with Crippen molar-refractivity contribution in [1.82, 2.24) is 9.97 Å². The Labute approximate surface area is 65.4 Å². The molecule has 0 aliphatic rings. The number of hydrogen-bond donors (Lipinski definition) is 2. The van der Waals surface area contributed by atoms with Crippen LogP contribution in [-0.2, 0) is 0 Å². The van der Waals surface area contributed by atoms with Gasteiger partial charge in [-0.3, -0.25) is 4.98 Å². The van der Waals surface area contributed by atoms with Crippen LogP contribution in [-0.4, -0.2) is 25.2 Å². The van der Waals surface area contributed by atoms with E-state index in [-0.39, 0.29) is 15.2 Å². The lowest BCUT2D eigenvalue weighted by molar-refractivity contribution is 1.26. The maximum absolute atomic E-state index is 5.50. The molecule has 0 bridgehead atoms. The summed E-state index contributed by atoms with van der Waals surface area (Å²) in [5.41, 5.74) is 10.8. The Balaban J connectivity index is 3.07. The molecular formula is C5H8AlN4. The first-order valence-electron chi connectivity index (χ1n) is 2.91. The SMILES string of the molecule is [CH3][Al][c]1ncc(N)nc1N. The Kier molecular flexibility index (Phi) is 2.10. The summed E-state index contributed by atoms with van der Waals surface area (Å²) in [4.78, 5) is 7.88. The maximum atomic E-state index is 5.50. The molecule has 4 N–H and O–H groups in total. The predicted octanol–water partition coefficient (Wildman–Crippen LogP) is -0.981. The minimum absolute atomic E-state index is 0.132. The molecule has 0 unspecified atom stereocenters. The van der Waals surface area contributed by atoms with Gasteiger partial charge in [0.2, 0.25) is 0 Å². The topological polar surface area (TPSA) is 77.8 Å². The lowest BCUT2D eigenvalue weighted by Crippen LogP contribution is -2.21. The van der Waals surface area contributed by atoms with Crippen LogP contribution < -0.4 is 16.0 Å². The van der Waals surface area contributed by atoms with Crippen LogP contribution in [0.15, 0.2) is 6.20 Å². The van der Waals surface area contributed by atoms with E-state index in [0.717, 1.165) is 4.56 Å². The fraction of sp³-hybridized carbons (Fsp3) is 0.200. The fourth-order valence-electron chi connectivity index (χ4n) is 0.649. The Bertz CT molecular complexity index is 237. The van der Waals surface area contributed by atoms with Gasteiger partial charge in [0, 0.05) is 0 Å². The second-order valence-corrected chi connectivity index (χ2v) is 2.98. The summed E-state index contributed by atoms with van der Waals surface area (Å²) in [6, 6.07) is 0. The monoisotopic (exact) mass is 151 g/mol. The molecule has 5 heteroatoms. The van der Waals surface area contributed by atoms with Crippen LogP contribution >= 0.6 is 0 Å². The van der Waals surface area contributed by atoms with Crippen LogP contribution in [0.5, 0.6) is 0 Å². The van der Waals surface area contributed by atoms with Crippen molar-refractivity contribution in [2.24, 2.45) is 0 Å². The number of aromatic nitrogens is 2. The smallest absolute Gasteiger partial charge is 0.285 e. The maximum Gasteiger partial charge on any atom is 0.285 e. The first-order valence-corrected chi connectivity index (χ1v) is 4.64. The molecule has 1 aromatic rings. The number of anilines is 2. The van der Waals surface area contributed by atoms with Crippen molar-refractivity contribution in [3.05, 3.63) is 6.20 Å². The first kappa shape index (κ1) is 7.32. The number of nitrogens with two attached hydrogens (primary N) is 2. The molecule has 4 nitrogen and oxygen atoms in total. The predicted molar refractivity (Wildman–Crippen MR) is 42.1 cm³/mol. The molecule has 0 spiro atoms. The molecule has 0 aliphatic carbocycles. The molecule has 1 radical (unpaired) electrons. The number of nitrogen functional groups attached to an aromatic ring is 2. The van der Waals surface area contributed by atoms with Crippen LogP contribution in [0, 0.1) is 0 Å². The Morgan fingerprint density at radius 1 is 1.50 bits per heavy atom.